The molecule has 0 amide bonds. The van der Waals surface area contributed by atoms with Crippen LogP contribution >= 0.6 is 0 Å². The molecule has 118 valence electrons. The maximum Gasteiger partial charge on any atom is 0.122 e. The molecule has 0 fully saturated rings. The van der Waals surface area contributed by atoms with Crippen molar-refractivity contribution < 1.29 is 14.2 Å². The zero-order chi connectivity index (χ0) is 14.9. The Morgan fingerprint density at radius 1 is 1.19 bits per heavy atom. The average Bonchev–Trinajstić information content (AvgIpc) is 2.92. The second kappa shape index (κ2) is 9.03. The summed E-state index contributed by atoms with van der Waals surface area (Å²) < 4.78 is 16.3. The minimum Gasteiger partial charge on any atom is -0.491 e. The van der Waals surface area contributed by atoms with E-state index in [1.165, 1.54) is 24.0 Å². The molecule has 1 aromatic carbocycles. The summed E-state index contributed by atoms with van der Waals surface area (Å²) in [5.41, 5.74) is 2.77. The fraction of sp³-hybridized carbons (Fsp3) is 0.647. The Labute approximate surface area is 127 Å². The number of benzene rings is 1. The van der Waals surface area contributed by atoms with Gasteiger partial charge in [0.1, 0.15) is 12.4 Å². The van der Waals surface area contributed by atoms with Crippen LogP contribution in [-0.4, -0.2) is 40.1 Å². The predicted octanol–water partition coefficient (Wildman–Crippen LogP) is 2.72. The van der Waals surface area contributed by atoms with Gasteiger partial charge in [0, 0.05) is 13.2 Å². The molecule has 0 spiro atoms. The van der Waals surface area contributed by atoms with Gasteiger partial charge in [-0.3, -0.25) is 0 Å². The lowest BCUT2D eigenvalue weighted by Crippen LogP contribution is -2.19. The van der Waals surface area contributed by atoms with Gasteiger partial charge < -0.3 is 19.5 Å². The Kier molecular flexibility index (Phi) is 7.00. The van der Waals surface area contributed by atoms with Crippen molar-refractivity contribution in [3.8, 4) is 5.75 Å². The molecule has 2 rings (SSSR count). The summed E-state index contributed by atoms with van der Waals surface area (Å²) in [5.74, 6) is 1.02. The van der Waals surface area contributed by atoms with Gasteiger partial charge in [-0.2, -0.15) is 0 Å². The van der Waals surface area contributed by atoms with Crippen LogP contribution in [0.4, 0.5) is 0 Å². The average molecular weight is 293 g/mol. The summed E-state index contributed by atoms with van der Waals surface area (Å²) in [5, 5.41) is 3.61. The highest BCUT2D eigenvalue weighted by Crippen LogP contribution is 2.36. The van der Waals surface area contributed by atoms with Gasteiger partial charge in [0.2, 0.25) is 0 Å². The van der Waals surface area contributed by atoms with E-state index in [2.05, 4.69) is 30.4 Å². The highest BCUT2D eigenvalue weighted by molar-refractivity contribution is 5.45. The SMILES string of the molecule is CCCNC1CCc2c(OCCOCCOC)cccc21. The van der Waals surface area contributed by atoms with Gasteiger partial charge in [-0.15, -0.1) is 0 Å². The van der Waals surface area contributed by atoms with Gasteiger partial charge >= 0.3 is 0 Å². The van der Waals surface area contributed by atoms with Gasteiger partial charge in [-0.05, 0) is 43.0 Å². The number of hydrogen-bond donors (Lipinski definition) is 1. The lowest BCUT2D eigenvalue weighted by atomic mass is 10.1. The number of rotatable bonds is 10. The van der Waals surface area contributed by atoms with E-state index in [0.29, 0.717) is 32.5 Å². The molecule has 21 heavy (non-hydrogen) atoms. The standard InChI is InChI=1S/C17H27NO3/c1-3-9-18-16-8-7-15-14(16)5-4-6-17(15)21-13-12-20-11-10-19-2/h4-6,16,18H,3,7-13H2,1-2H3. The predicted molar refractivity (Wildman–Crippen MR) is 84.0 cm³/mol. The number of nitrogens with one attached hydrogen (secondary N) is 1. The molecule has 1 atom stereocenters. The van der Waals surface area contributed by atoms with Crippen LogP contribution in [0, 0.1) is 0 Å². The quantitative estimate of drug-likeness (QED) is 0.673. The van der Waals surface area contributed by atoms with E-state index in [1.54, 1.807) is 7.11 Å². The Morgan fingerprint density at radius 3 is 2.86 bits per heavy atom. The van der Waals surface area contributed by atoms with Crippen molar-refractivity contribution in [1.29, 1.82) is 0 Å². The molecule has 0 bridgehead atoms. The molecule has 1 aliphatic carbocycles. The van der Waals surface area contributed by atoms with Crippen molar-refractivity contribution in [2.24, 2.45) is 0 Å². The third kappa shape index (κ3) is 4.70. The summed E-state index contributed by atoms with van der Waals surface area (Å²) in [6, 6.07) is 6.86. The molecule has 0 aromatic heterocycles. The lowest BCUT2D eigenvalue weighted by Gasteiger charge is -2.15. The topological polar surface area (TPSA) is 39.7 Å². The summed E-state index contributed by atoms with van der Waals surface area (Å²) in [6.45, 7) is 5.72. The second-order valence-electron chi connectivity index (χ2n) is 5.32. The largest absolute Gasteiger partial charge is 0.491 e. The highest BCUT2D eigenvalue weighted by Gasteiger charge is 2.24. The molecule has 0 saturated heterocycles. The molecule has 0 saturated carbocycles. The first-order valence-corrected chi connectivity index (χ1v) is 7.91. The Hall–Kier alpha value is -1.10. The van der Waals surface area contributed by atoms with E-state index in [9.17, 15) is 0 Å². The molecule has 1 N–H and O–H groups in total. The summed E-state index contributed by atoms with van der Waals surface area (Å²) in [4.78, 5) is 0. The molecule has 4 heteroatoms. The van der Waals surface area contributed by atoms with E-state index >= 15 is 0 Å². The Morgan fingerprint density at radius 2 is 2.05 bits per heavy atom. The van der Waals surface area contributed by atoms with Crippen molar-refractivity contribution in [2.75, 3.05) is 40.1 Å². The van der Waals surface area contributed by atoms with Crippen molar-refractivity contribution in [2.45, 2.75) is 32.2 Å². The number of ether oxygens (including phenoxy) is 3. The van der Waals surface area contributed by atoms with E-state index in [0.717, 1.165) is 18.7 Å². The molecule has 1 aromatic rings. The third-order valence-electron chi connectivity index (χ3n) is 3.79. The van der Waals surface area contributed by atoms with E-state index in [-0.39, 0.29) is 0 Å². The maximum absolute atomic E-state index is 5.89. The van der Waals surface area contributed by atoms with Crippen LogP contribution in [0.3, 0.4) is 0 Å². The normalized spacial score (nSPS) is 17.0. The van der Waals surface area contributed by atoms with Gasteiger partial charge in [0.25, 0.3) is 0 Å². The first kappa shape index (κ1) is 16.3. The first-order valence-electron chi connectivity index (χ1n) is 7.91. The van der Waals surface area contributed by atoms with E-state index < -0.39 is 0 Å². The van der Waals surface area contributed by atoms with Crippen LogP contribution in [-0.2, 0) is 15.9 Å². The summed E-state index contributed by atoms with van der Waals surface area (Å²) >= 11 is 0. The molecule has 0 aliphatic heterocycles. The third-order valence-corrected chi connectivity index (χ3v) is 3.79. The Balaban J connectivity index is 1.83. The van der Waals surface area contributed by atoms with Gasteiger partial charge in [0.15, 0.2) is 0 Å². The monoisotopic (exact) mass is 293 g/mol. The van der Waals surface area contributed by atoms with E-state index in [1.807, 2.05) is 0 Å². The highest BCUT2D eigenvalue weighted by atomic mass is 16.5. The smallest absolute Gasteiger partial charge is 0.122 e. The second-order valence-corrected chi connectivity index (χ2v) is 5.32. The molecule has 4 nitrogen and oxygen atoms in total. The molecule has 0 radical (unpaired) electrons. The van der Waals surface area contributed by atoms with Crippen LogP contribution in [0.2, 0.25) is 0 Å². The van der Waals surface area contributed by atoms with E-state index in [4.69, 9.17) is 14.2 Å². The molecule has 1 unspecified atom stereocenters. The van der Waals surface area contributed by atoms with Crippen molar-refractivity contribution in [1.82, 2.24) is 5.32 Å². The van der Waals surface area contributed by atoms with Crippen LogP contribution in [0.15, 0.2) is 18.2 Å². The number of fused-ring (bicyclic) bond motifs is 1. The molecular weight excluding hydrogens is 266 g/mol. The van der Waals surface area contributed by atoms with Gasteiger partial charge in [-0.25, -0.2) is 0 Å². The van der Waals surface area contributed by atoms with Crippen LogP contribution in [0.5, 0.6) is 5.75 Å². The van der Waals surface area contributed by atoms with Crippen LogP contribution in [0.25, 0.3) is 0 Å². The zero-order valence-electron chi connectivity index (χ0n) is 13.2. The van der Waals surface area contributed by atoms with Crippen molar-refractivity contribution >= 4 is 0 Å². The maximum atomic E-state index is 5.89. The zero-order valence-corrected chi connectivity index (χ0v) is 13.2. The van der Waals surface area contributed by atoms with Gasteiger partial charge in [0.05, 0.1) is 19.8 Å². The number of hydrogen-bond acceptors (Lipinski definition) is 4. The fourth-order valence-corrected chi connectivity index (χ4v) is 2.74. The molecule has 1 aliphatic rings. The molecule has 0 heterocycles. The summed E-state index contributed by atoms with van der Waals surface area (Å²) in [7, 11) is 1.68. The van der Waals surface area contributed by atoms with Gasteiger partial charge in [-0.1, -0.05) is 19.1 Å². The van der Waals surface area contributed by atoms with Crippen LogP contribution in [0.1, 0.15) is 36.9 Å². The van der Waals surface area contributed by atoms with Crippen LogP contribution < -0.4 is 10.1 Å². The Bertz CT molecular complexity index is 422. The summed E-state index contributed by atoms with van der Waals surface area (Å²) in [6.07, 6.45) is 3.43. The number of methoxy groups -OCH3 is 1. The fourth-order valence-electron chi connectivity index (χ4n) is 2.74. The van der Waals surface area contributed by atoms with Crippen molar-refractivity contribution in [3.63, 3.8) is 0 Å². The lowest BCUT2D eigenvalue weighted by molar-refractivity contribution is 0.0543. The minimum atomic E-state index is 0.487. The first-order chi connectivity index (χ1) is 10.4. The minimum absolute atomic E-state index is 0.487. The van der Waals surface area contributed by atoms with Crippen molar-refractivity contribution in [3.05, 3.63) is 29.3 Å². The molecular formula is C17H27NO3.